The first-order valence-corrected chi connectivity index (χ1v) is 7.67. The molecule has 1 heterocycles. The molecular weight excluding hydrogens is 248 g/mol. The van der Waals surface area contributed by atoms with E-state index in [-0.39, 0.29) is 0 Å². The summed E-state index contributed by atoms with van der Waals surface area (Å²) < 4.78 is 0. The van der Waals surface area contributed by atoms with Gasteiger partial charge in [0.1, 0.15) is 11.9 Å². The molecule has 0 saturated heterocycles. The predicted octanol–water partition coefficient (Wildman–Crippen LogP) is 4.09. The van der Waals surface area contributed by atoms with E-state index in [1.165, 1.54) is 44.9 Å². The number of nitrogens with zero attached hydrogens (tertiary/aromatic N) is 2. The molecule has 0 spiro atoms. The van der Waals surface area contributed by atoms with Crippen molar-refractivity contribution in [3.8, 4) is 6.07 Å². The van der Waals surface area contributed by atoms with Crippen LogP contribution >= 0.6 is 0 Å². The Morgan fingerprint density at radius 1 is 1.15 bits per heavy atom. The number of hydrogen-bond acceptors (Lipinski definition) is 4. The van der Waals surface area contributed by atoms with Crippen molar-refractivity contribution in [3.63, 3.8) is 0 Å². The van der Waals surface area contributed by atoms with Crippen LogP contribution in [0.25, 0.3) is 0 Å². The minimum absolute atomic E-state index is 0.518. The maximum Gasteiger partial charge on any atom is 0.144 e. The molecule has 0 aromatic carbocycles. The molecule has 0 aliphatic heterocycles. The summed E-state index contributed by atoms with van der Waals surface area (Å²) in [5.41, 5.74) is 6.65. The minimum Gasteiger partial charge on any atom is -0.397 e. The summed E-state index contributed by atoms with van der Waals surface area (Å²) >= 11 is 0. The van der Waals surface area contributed by atoms with Crippen LogP contribution in [0.1, 0.15) is 63.9 Å². The van der Waals surface area contributed by atoms with E-state index in [2.05, 4.69) is 23.3 Å². The second-order valence-electron chi connectivity index (χ2n) is 5.18. The zero-order chi connectivity index (χ0) is 14.6. The highest BCUT2D eigenvalue weighted by Gasteiger charge is 2.03. The van der Waals surface area contributed by atoms with Crippen molar-refractivity contribution >= 4 is 11.5 Å². The quantitative estimate of drug-likeness (QED) is 0.630. The summed E-state index contributed by atoms with van der Waals surface area (Å²) in [4.78, 5) is 4.16. The van der Waals surface area contributed by atoms with E-state index in [1.807, 2.05) is 0 Å². The van der Waals surface area contributed by atoms with Gasteiger partial charge < -0.3 is 11.1 Å². The normalized spacial score (nSPS) is 10.2. The molecule has 0 radical (unpaired) electrons. The molecule has 0 aliphatic rings. The van der Waals surface area contributed by atoms with E-state index < -0.39 is 0 Å². The molecule has 4 nitrogen and oxygen atoms in total. The largest absolute Gasteiger partial charge is 0.397 e. The van der Waals surface area contributed by atoms with Crippen LogP contribution in [-0.4, -0.2) is 11.5 Å². The highest BCUT2D eigenvalue weighted by molar-refractivity contribution is 5.57. The van der Waals surface area contributed by atoms with Crippen LogP contribution in [0.2, 0.25) is 0 Å². The fraction of sp³-hybridized carbons (Fsp3) is 0.625. The van der Waals surface area contributed by atoms with Gasteiger partial charge in [-0.2, -0.15) is 5.26 Å². The predicted molar refractivity (Wildman–Crippen MR) is 84.5 cm³/mol. The summed E-state index contributed by atoms with van der Waals surface area (Å²) in [6, 6.07) is 3.77. The van der Waals surface area contributed by atoms with Crippen LogP contribution in [0.3, 0.4) is 0 Å². The molecule has 0 aliphatic carbocycles. The number of nitrogens with two attached hydrogens (primary N) is 1. The first-order chi connectivity index (χ1) is 9.77. The number of pyridine rings is 1. The van der Waals surface area contributed by atoms with E-state index in [4.69, 9.17) is 11.0 Å². The average Bonchev–Trinajstić information content (AvgIpc) is 2.46. The first kappa shape index (κ1) is 16.3. The van der Waals surface area contributed by atoms with Gasteiger partial charge in [0.25, 0.3) is 0 Å². The number of nitriles is 1. The topological polar surface area (TPSA) is 74.7 Å². The first-order valence-electron chi connectivity index (χ1n) is 7.67. The van der Waals surface area contributed by atoms with Gasteiger partial charge in [0, 0.05) is 6.54 Å². The Kier molecular flexibility index (Phi) is 8.21. The lowest BCUT2D eigenvalue weighted by Crippen LogP contribution is -2.05. The number of nitrogens with one attached hydrogen (secondary N) is 1. The van der Waals surface area contributed by atoms with Crippen molar-refractivity contribution in [1.29, 1.82) is 5.26 Å². The minimum atomic E-state index is 0.518. The lowest BCUT2D eigenvalue weighted by atomic mass is 10.1. The molecule has 3 N–H and O–H groups in total. The molecule has 4 heteroatoms. The van der Waals surface area contributed by atoms with Gasteiger partial charge in [-0.15, -0.1) is 0 Å². The standard InChI is InChI=1S/C16H26N4/c1-2-3-4-5-6-7-8-9-10-19-16-14(12-17)11-15(18)13-20-16/h11,13H,2-10,18H2,1H3,(H,19,20). The summed E-state index contributed by atoms with van der Waals surface area (Å²) in [7, 11) is 0. The van der Waals surface area contributed by atoms with E-state index in [0.29, 0.717) is 17.1 Å². The van der Waals surface area contributed by atoms with Crippen molar-refractivity contribution in [1.82, 2.24) is 4.98 Å². The van der Waals surface area contributed by atoms with Gasteiger partial charge in [-0.25, -0.2) is 4.98 Å². The van der Waals surface area contributed by atoms with E-state index >= 15 is 0 Å². The third-order valence-electron chi connectivity index (χ3n) is 3.35. The van der Waals surface area contributed by atoms with Crippen molar-refractivity contribution in [2.75, 3.05) is 17.6 Å². The van der Waals surface area contributed by atoms with Crippen LogP contribution in [0, 0.1) is 11.3 Å². The van der Waals surface area contributed by atoms with Crippen LogP contribution in [0.5, 0.6) is 0 Å². The zero-order valence-electron chi connectivity index (χ0n) is 12.5. The van der Waals surface area contributed by atoms with Crippen LogP contribution in [0.4, 0.5) is 11.5 Å². The summed E-state index contributed by atoms with van der Waals surface area (Å²) in [6.45, 7) is 3.10. The van der Waals surface area contributed by atoms with E-state index in [1.54, 1.807) is 12.3 Å². The monoisotopic (exact) mass is 274 g/mol. The number of unbranched alkanes of at least 4 members (excludes halogenated alkanes) is 7. The molecule has 0 amide bonds. The summed E-state index contributed by atoms with van der Waals surface area (Å²) in [6.07, 6.45) is 12.0. The molecule has 0 atom stereocenters. The molecule has 0 bridgehead atoms. The SMILES string of the molecule is CCCCCCCCCCNc1ncc(N)cc1C#N. The van der Waals surface area contributed by atoms with Gasteiger partial charge in [0.05, 0.1) is 17.4 Å². The van der Waals surface area contributed by atoms with Gasteiger partial charge in [0.15, 0.2) is 0 Å². The van der Waals surface area contributed by atoms with Crippen LogP contribution in [-0.2, 0) is 0 Å². The van der Waals surface area contributed by atoms with E-state index in [9.17, 15) is 0 Å². The Balaban J connectivity index is 2.11. The van der Waals surface area contributed by atoms with Gasteiger partial charge in [0.2, 0.25) is 0 Å². The average molecular weight is 274 g/mol. The molecule has 0 unspecified atom stereocenters. The molecule has 0 saturated carbocycles. The highest BCUT2D eigenvalue weighted by Crippen LogP contribution is 2.14. The van der Waals surface area contributed by atoms with Gasteiger partial charge >= 0.3 is 0 Å². The lowest BCUT2D eigenvalue weighted by molar-refractivity contribution is 0.581. The van der Waals surface area contributed by atoms with Gasteiger partial charge in [-0.1, -0.05) is 51.9 Å². The second-order valence-corrected chi connectivity index (χ2v) is 5.18. The Hall–Kier alpha value is -1.76. The number of rotatable bonds is 10. The number of nitrogen functional groups attached to an aromatic ring is 1. The molecule has 1 aromatic rings. The molecule has 20 heavy (non-hydrogen) atoms. The van der Waals surface area contributed by atoms with Crippen molar-refractivity contribution < 1.29 is 0 Å². The maximum absolute atomic E-state index is 9.00. The fourth-order valence-corrected chi connectivity index (χ4v) is 2.17. The fourth-order valence-electron chi connectivity index (χ4n) is 2.17. The number of hydrogen-bond donors (Lipinski definition) is 2. The van der Waals surface area contributed by atoms with Crippen molar-refractivity contribution in [2.45, 2.75) is 58.3 Å². The lowest BCUT2D eigenvalue weighted by Gasteiger charge is -2.07. The summed E-state index contributed by atoms with van der Waals surface area (Å²) in [5, 5.41) is 12.2. The molecule has 1 rings (SSSR count). The highest BCUT2D eigenvalue weighted by atomic mass is 15.0. The van der Waals surface area contributed by atoms with Crippen molar-refractivity contribution in [2.24, 2.45) is 0 Å². The smallest absolute Gasteiger partial charge is 0.144 e. The molecule has 1 aromatic heterocycles. The van der Waals surface area contributed by atoms with E-state index in [0.717, 1.165) is 13.0 Å². The zero-order valence-corrected chi connectivity index (χ0v) is 12.5. The molecule has 0 fully saturated rings. The Morgan fingerprint density at radius 3 is 2.45 bits per heavy atom. The molecular formula is C16H26N4. The third-order valence-corrected chi connectivity index (χ3v) is 3.35. The molecule has 110 valence electrons. The Morgan fingerprint density at radius 2 is 1.80 bits per heavy atom. The van der Waals surface area contributed by atoms with Gasteiger partial charge in [-0.05, 0) is 12.5 Å². The maximum atomic E-state index is 9.00. The second kappa shape index (κ2) is 10.1. The van der Waals surface area contributed by atoms with Crippen molar-refractivity contribution in [3.05, 3.63) is 17.8 Å². The van der Waals surface area contributed by atoms with Crippen LogP contribution < -0.4 is 11.1 Å². The summed E-state index contributed by atoms with van der Waals surface area (Å²) in [5.74, 6) is 0.643. The number of aromatic nitrogens is 1. The van der Waals surface area contributed by atoms with Gasteiger partial charge in [-0.3, -0.25) is 0 Å². The van der Waals surface area contributed by atoms with Crippen LogP contribution in [0.15, 0.2) is 12.3 Å². The number of anilines is 2. The Bertz CT molecular complexity index is 423. The Labute approximate surface area is 122 Å². The third kappa shape index (κ3) is 6.42.